The molecule has 0 saturated carbocycles. The SMILES string of the molecule is NC(=O)Cc1ccc(NCc2coc3ccccc23)cc1. The van der Waals surface area contributed by atoms with E-state index in [-0.39, 0.29) is 12.3 Å². The first-order valence-corrected chi connectivity index (χ1v) is 6.78. The molecule has 2 aromatic carbocycles. The third-order valence-electron chi connectivity index (χ3n) is 3.38. The third-order valence-corrected chi connectivity index (χ3v) is 3.38. The van der Waals surface area contributed by atoms with Crippen molar-refractivity contribution in [1.82, 2.24) is 0 Å². The summed E-state index contributed by atoms with van der Waals surface area (Å²) in [6.07, 6.45) is 2.05. The molecule has 1 heterocycles. The molecule has 3 aromatic rings. The molecule has 0 aliphatic carbocycles. The van der Waals surface area contributed by atoms with E-state index in [1.54, 1.807) is 6.26 Å². The fraction of sp³-hybridized carbons (Fsp3) is 0.118. The third kappa shape index (κ3) is 3.05. The number of hydrogen-bond acceptors (Lipinski definition) is 3. The monoisotopic (exact) mass is 280 g/mol. The van der Waals surface area contributed by atoms with Gasteiger partial charge < -0.3 is 15.5 Å². The smallest absolute Gasteiger partial charge is 0.221 e. The lowest BCUT2D eigenvalue weighted by Gasteiger charge is -2.06. The van der Waals surface area contributed by atoms with Crippen LogP contribution < -0.4 is 11.1 Å². The van der Waals surface area contributed by atoms with Crippen molar-refractivity contribution in [2.45, 2.75) is 13.0 Å². The second kappa shape index (κ2) is 5.71. The summed E-state index contributed by atoms with van der Waals surface area (Å²) in [7, 11) is 0. The molecule has 0 bridgehead atoms. The van der Waals surface area contributed by atoms with Gasteiger partial charge in [-0.05, 0) is 23.8 Å². The van der Waals surface area contributed by atoms with E-state index in [9.17, 15) is 4.79 Å². The Labute approximate surface area is 122 Å². The highest BCUT2D eigenvalue weighted by atomic mass is 16.3. The molecule has 0 atom stereocenters. The Bertz CT molecular complexity index is 760. The maximum absolute atomic E-state index is 10.9. The standard InChI is InChI=1S/C17H16N2O2/c18-17(20)9-12-5-7-14(8-6-12)19-10-13-11-21-16-4-2-1-3-15(13)16/h1-8,11,19H,9-10H2,(H2,18,20). The van der Waals surface area contributed by atoms with E-state index in [0.717, 1.165) is 27.8 Å². The first kappa shape index (κ1) is 13.2. The van der Waals surface area contributed by atoms with Gasteiger partial charge >= 0.3 is 0 Å². The maximum atomic E-state index is 10.9. The predicted molar refractivity (Wildman–Crippen MR) is 82.9 cm³/mol. The number of primary amides is 1. The lowest BCUT2D eigenvalue weighted by atomic mass is 10.1. The second-order valence-corrected chi connectivity index (χ2v) is 4.95. The molecule has 0 saturated heterocycles. The summed E-state index contributed by atoms with van der Waals surface area (Å²) in [6, 6.07) is 15.7. The second-order valence-electron chi connectivity index (χ2n) is 4.95. The molecule has 0 radical (unpaired) electrons. The number of benzene rings is 2. The summed E-state index contributed by atoms with van der Waals surface area (Å²) >= 11 is 0. The van der Waals surface area contributed by atoms with Crippen molar-refractivity contribution in [2.75, 3.05) is 5.32 Å². The molecule has 0 unspecified atom stereocenters. The van der Waals surface area contributed by atoms with Gasteiger partial charge in [0, 0.05) is 23.2 Å². The zero-order valence-corrected chi connectivity index (χ0v) is 11.5. The van der Waals surface area contributed by atoms with Crippen LogP contribution in [0.4, 0.5) is 5.69 Å². The first-order chi connectivity index (χ1) is 10.2. The maximum Gasteiger partial charge on any atom is 0.221 e. The van der Waals surface area contributed by atoms with E-state index in [4.69, 9.17) is 10.2 Å². The average molecular weight is 280 g/mol. The van der Waals surface area contributed by atoms with Crippen LogP contribution in [0.25, 0.3) is 11.0 Å². The summed E-state index contributed by atoms with van der Waals surface area (Å²) in [6.45, 7) is 0.687. The van der Waals surface area contributed by atoms with Crippen LogP contribution in [0, 0.1) is 0 Å². The summed E-state index contributed by atoms with van der Waals surface area (Å²) in [5.74, 6) is -0.319. The van der Waals surface area contributed by atoms with Crippen LogP contribution in [0.3, 0.4) is 0 Å². The number of rotatable bonds is 5. The van der Waals surface area contributed by atoms with Crippen molar-refractivity contribution in [1.29, 1.82) is 0 Å². The molecule has 3 N–H and O–H groups in total. The van der Waals surface area contributed by atoms with Crippen molar-refractivity contribution in [3.05, 3.63) is 65.9 Å². The topological polar surface area (TPSA) is 68.3 Å². The van der Waals surface area contributed by atoms with Crippen molar-refractivity contribution in [2.24, 2.45) is 5.73 Å². The van der Waals surface area contributed by atoms with Gasteiger partial charge in [-0.1, -0.05) is 30.3 Å². The number of anilines is 1. The van der Waals surface area contributed by atoms with Gasteiger partial charge in [-0.2, -0.15) is 0 Å². The van der Waals surface area contributed by atoms with Crippen LogP contribution in [0.2, 0.25) is 0 Å². The van der Waals surface area contributed by atoms with Crippen LogP contribution in [0.5, 0.6) is 0 Å². The molecule has 0 aliphatic rings. The number of furan rings is 1. The number of para-hydroxylation sites is 1. The Morgan fingerprint density at radius 2 is 1.86 bits per heavy atom. The lowest BCUT2D eigenvalue weighted by Crippen LogP contribution is -2.13. The van der Waals surface area contributed by atoms with Crippen LogP contribution >= 0.6 is 0 Å². The lowest BCUT2D eigenvalue weighted by molar-refractivity contribution is -0.117. The van der Waals surface area contributed by atoms with Crippen molar-refractivity contribution in [3.8, 4) is 0 Å². The fourth-order valence-electron chi connectivity index (χ4n) is 2.31. The minimum absolute atomic E-state index is 0.270. The zero-order valence-electron chi connectivity index (χ0n) is 11.5. The molecule has 4 nitrogen and oxygen atoms in total. The first-order valence-electron chi connectivity index (χ1n) is 6.78. The number of nitrogens with two attached hydrogens (primary N) is 1. The quantitative estimate of drug-likeness (QED) is 0.754. The van der Waals surface area contributed by atoms with E-state index in [1.165, 1.54) is 0 Å². The van der Waals surface area contributed by atoms with Gasteiger partial charge in [-0.15, -0.1) is 0 Å². The van der Waals surface area contributed by atoms with Crippen molar-refractivity contribution < 1.29 is 9.21 Å². The van der Waals surface area contributed by atoms with Crippen LogP contribution in [-0.4, -0.2) is 5.91 Å². The Balaban J connectivity index is 1.68. The van der Waals surface area contributed by atoms with Crippen LogP contribution in [-0.2, 0) is 17.8 Å². The minimum Gasteiger partial charge on any atom is -0.464 e. The zero-order chi connectivity index (χ0) is 14.7. The van der Waals surface area contributed by atoms with Gasteiger partial charge in [0.2, 0.25) is 5.91 Å². The summed E-state index contributed by atoms with van der Waals surface area (Å²) in [4.78, 5) is 10.9. The number of hydrogen-bond donors (Lipinski definition) is 2. The Kier molecular flexibility index (Phi) is 3.60. The summed E-state index contributed by atoms with van der Waals surface area (Å²) in [5, 5.41) is 4.46. The van der Waals surface area contributed by atoms with E-state index >= 15 is 0 Å². The highest BCUT2D eigenvalue weighted by molar-refractivity contribution is 5.81. The molecule has 0 fully saturated rings. The normalized spacial score (nSPS) is 10.7. The van der Waals surface area contributed by atoms with E-state index < -0.39 is 0 Å². The van der Waals surface area contributed by atoms with Gasteiger partial charge in [0.1, 0.15) is 5.58 Å². The summed E-state index contributed by atoms with van der Waals surface area (Å²) in [5.41, 5.74) is 9.10. The molecule has 0 spiro atoms. The van der Waals surface area contributed by atoms with E-state index in [1.807, 2.05) is 48.5 Å². The molecule has 106 valence electrons. The predicted octanol–water partition coefficient (Wildman–Crippen LogP) is 3.07. The molecule has 0 aliphatic heterocycles. The van der Waals surface area contributed by atoms with Crippen LogP contribution in [0.15, 0.2) is 59.2 Å². The van der Waals surface area contributed by atoms with Gasteiger partial charge in [0.15, 0.2) is 0 Å². The minimum atomic E-state index is -0.319. The molecule has 1 aromatic heterocycles. The molecular formula is C17H16N2O2. The van der Waals surface area contributed by atoms with Crippen molar-refractivity contribution in [3.63, 3.8) is 0 Å². The molecule has 3 rings (SSSR count). The average Bonchev–Trinajstić information content (AvgIpc) is 2.89. The highest BCUT2D eigenvalue weighted by Gasteiger charge is 2.04. The fourth-order valence-corrected chi connectivity index (χ4v) is 2.31. The number of carbonyl (C=O) groups excluding carboxylic acids is 1. The number of fused-ring (bicyclic) bond motifs is 1. The molecular weight excluding hydrogens is 264 g/mol. The van der Waals surface area contributed by atoms with Gasteiger partial charge in [-0.3, -0.25) is 4.79 Å². The molecule has 21 heavy (non-hydrogen) atoms. The van der Waals surface area contributed by atoms with E-state index in [2.05, 4.69) is 5.32 Å². The Morgan fingerprint density at radius 1 is 1.10 bits per heavy atom. The van der Waals surface area contributed by atoms with E-state index in [0.29, 0.717) is 6.54 Å². The number of nitrogens with one attached hydrogen (secondary N) is 1. The largest absolute Gasteiger partial charge is 0.464 e. The van der Waals surface area contributed by atoms with Gasteiger partial charge in [-0.25, -0.2) is 0 Å². The Morgan fingerprint density at radius 3 is 2.62 bits per heavy atom. The van der Waals surface area contributed by atoms with Crippen molar-refractivity contribution >= 4 is 22.6 Å². The molecule has 1 amide bonds. The summed E-state index contributed by atoms with van der Waals surface area (Å²) < 4.78 is 5.51. The molecule has 4 heteroatoms. The number of carbonyl (C=O) groups is 1. The Hall–Kier alpha value is -2.75. The van der Waals surface area contributed by atoms with Gasteiger partial charge in [0.05, 0.1) is 12.7 Å². The van der Waals surface area contributed by atoms with Gasteiger partial charge in [0.25, 0.3) is 0 Å². The highest BCUT2D eigenvalue weighted by Crippen LogP contribution is 2.21. The number of amides is 1. The van der Waals surface area contributed by atoms with Crippen LogP contribution in [0.1, 0.15) is 11.1 Å².